The van der Waals surface area contributed by atoms with Crippen LogP contribution in [0.15, 0.2) is 45.6 Å². The van der Waals surface area contributed by atoms with E-state index in [4.69, 9.17) is 9.40 Å². The highest BCUT2D eigenvalue weighted by molar-refractivity contribution is 5.97. The Morgan fingerprint density at radius 3 is 2.69 bits per heavy atom. The Morgan fingerprint density at radius 1 is 1.00 bits per heavy atom. The lowest BCUT2D eigenvalue weighted by atomic mass is 9.91. The van der Waals surface area contributed by atoms with Crippen LogP contribution in [0.5, 0.6) is 0 Å². The van der Waals surface area contributed by atoms with Crippen molar-refractivity contribution in [2.45, 2.75) is 25.7 Å². The van der Waals surface area contributed by atoms with Gasteiger partial charge in [-0.1, -0.05) is 24.3 Å². The van der Waals surface area contributed by atoms with Crippen LogP contribution in [0.4, 0.5) is 5.69 Å². The van der Waals surface area contributed by atoms with Gasteiger partial charge in [0.05, 0.1) is 0 Å². The summed E-state index contributed by atoms with van der Waals surface area (Å²) < 4.78 is 6.32. The van der Waals surface area contributed by atoms with Crippen molar-refractivity contribution in [3.63, 3.8) is 0 Å². The van der Waals surface area contributed by atoms with Gasteiger partial charge in [0.1, 0.15) is 11.2 Å². The predicted molar refractivity (Wildman–Crippen MR) is 103 cm³/mol. The molecule has 128 valence electrons. The average Bonchev–Trinajstić information content (AvgIpc) is 2.68. The largest absolute Gasteiger partial charge is 0.452 e. The van der Waals surface area contributed by atoms with Crippen LogP contribution in [-0.4, -0.2) is 18.1 Å². The van der Waals surface area contributed by atoms with Crippen molar-refractivity contribution in [2.75, 3.05) is 18.0 Å². The maximum Gasteiger partial charge on any atom is 0.190 e. The van der Waals surface area contributed by atoms with Crippen molar-refractivity contribution in [3.8, 4) is 11.5 Å². The Balaban J connectivity index is 1.77. The first kappa shape index (κ1) is 14.3. The van der Waals surface area contributed by atoms with E-state index in [-0.39, 0.29) is 5.43 Å². The summed E-state index contributed by atoms with van der Waals surface area (Å²) in [6.45, 7) is 2.25. The number of hydrogen-bond donors (Lipinski definition) is 0. The first-order valence-corrected chi connectivity index (χ1v) is 9.35. The maximum atomic E-state index is 12.5. The Labute approximate surface area is 150 Å². The van der Waals surface area contributed by atoms with Gasteiger partial charge >= 0.3 is 0 Å². The molecule has 3 heterocycles. The molecule has 4 heteroatoms. The summed E-state index contributed by atoms with van der Waals surface area (Å²) in [7, 11) is 0. The minimum Gasteiger partial charge on any atom is -0.452 e. The molecule has 0 saturated heterocycles. The molecule has 4 aliphatic rings. The van der Waals surface area contributed by atoms with E-state index in [1.165, 1.54) is 23.2 Å². The molecule has 26 heavy (non-hydrogen) atoms. The second kappa shape index (κ2) is 5.07. The Morgan fingerprint density at radius 2 is 1.81 bits per heavy atom. The van der Waals surface area contributed by atoms with Crippen LogP contribution in [-0.2, 0) is 12.8 Å². The second-order valence-corrected chi connectivity index (χ2v) is 7.39. The zero-order chi connectivity index (χ0) is 17.3. The number of anilines is 1. The van der Waals surface area contributed by atoms with Crippen molar-refractivity contribution >= 4 is 27.6 Å². The van der Waals surface area contributed by atoms with Crippen molar-refractivity contribution < 1.29 is 4.42 Å². The summed E-state index contributed by atoms with van der Waals surface area (Å²) in [5.41, 5.74) is 6.58. The molecule has 0 N–H and O–H groups in total. The van der Waals surface area contributed by atoms with E-state index < -0.39 is 0 Å². The highest BCUT2D eigenvalue weighted by Crippen LogP contribution is 2.41. The summed E-state index contributed by atoms with van der Waals surface area (Å²) in [4.78, 5) is 19.9. The van der Waals surface area contributed by atoms with Gasteiger partial charge in [0.2, 0.25) is 0 Å². The number of rotatable bonds is 0. The summed E-state index contributed by atoms with van der Waals surface area (Å²) in [6, 6.07) is 11.4. The minimum absolute atomic E-state index is 0.00812. The lowest BCUT2D eigenvalue weighted by Crippen LogP contribution is -2.34. The molecule has 6 rings (SSSR count). The highest BCUT2D eigenvalue weighted by atomic mass is 16.3. The standard InChI is InChI=1S/C22H18N2O2/c25-18-12-19-20(15-7-2-1-6-14(15)18)23-17-11-13-5-3-9-24-10-4-8-16(21(13)24)22(17)26-19/h1-2,6-7,11-12H,3-5,8-10H2. The van der Waals surface area contributed by atoms with Crippen LogP contribution in [0, 0.1) is 0 Å². The molecule has 0 radical (unpaired) electrons. The second-order valence-electron chi connectivity index (χ2n) is 7.39. The van der Waals surface area contributed by atoms with Crippen LogP contribution in [0.2, 0.25) is 0 Å². The molecule has 0 unspecified atom stereocenters. The molecule has 4 nitrogen and oxygen atoms in total. The molecule has 0 bridgehead atoms. The summed E-state index contributed by atoms with van der Waals surface area (Å²) in [6.07, 6.45) is 4.47. The third-order valence-electron chi connectivity index (χ3n) is 5.84. The van der Waals surface area contributed by atoms with Gasteiger partial charge in [-0.15, -0.1) is 0 Å². The normalized spacial score (nSPS) is 16.4. The fourth-order valence-corrected chi connectivity index (χ4v) is 4.74. The number of fused-ring (bicyclic) bond motifs is 5. The first-order chi connectivity index (χ1) is 12.8. The molecular formula is C22H18N2O2. The molecule has 0 saturated carbocycles. The summed E-state index contributed by atoms with van der Waals surface area (Å²) >= 11 is 0. The van der Waals surface area contributed by atoms with E-state index in [1.807, 2.05) is 24.3 Å². The number of aromatic nitrogens is 1. The van der Waals surface area contributed by atoms with Gasteiger partial charge < -0.3 is 9.32 Å². The fraction of sp³-hybridized carbons (Fsp3) is 0.273. The zero-order valence-corrected chi connectivity index (χ0v) is 14.4. The molecule has 2 aromatic carbocycles. The van der Waals surface area contributed by atoms with Crippen LogP contribution < -0.4 is 10.3 Å². The van der Waals surface area contributed by atoms with Crippen molar-refractivity contribution in [1.82, 2.24) is 4.98 Å². The summed E-state index contributed by atoms with van der Waals surface area (Å²) in [5, 5.41) is 1.57. The summed E-state index contributed by atoms with van der Waals surface area (Å²) in [5.74, 6) is 0.588. The van der Waals surface area contributed by atoms with Gasteiger partial charge in [-0.05, 0) is 37.3 Å². The van der Waals surface area contributed by atoms with E-state index in [0.717, 1.165) is 54.5 Å². The van der Waals surface area contributed by atoms with Gasteiger partial charge in [0.15, 0.2) is 16.8 Å². The van der Waals surface area contributed by atoms with Gasteiger partial charge in [-0.3, -0.25) is 4.79 Å². The van der Waals surface area contributed by atoms with E-state index >= 15 is 0 Å². The van der Waals surface area contributed by atoms with E-state index in [2.05, 4.69) is 11.0 Å². The molecule has 2 aromatic rings. The lowest BCUT2D eigenvalue weighted by Gasteiger charge is -2.37. The number of hydrogen-bond acceptors (Lipinski definition) is 4. The topological polar surface area (TPSA) is 46.3 Å². The number of benzene rings is 3. The number of nitrogens with zero attached hydrogens (tertiary/aromatic N) is 2. The van der Waals surface area contributed by atoms with E-state index in [1.54, 1.807) is 6.07 Å². The van der Waals surface area contributed by atoms with Crippen molar-refractivity contribution in [3.05, 3.63) is 57.7 Å². The van der Waals surface area contributed by atoms with E-state index in [9.17, 15) is 4.79 Å². The van der Waals surface area contributed by atoms with Crippen LogP contribution >= 0.6 is 0 Å². The highest BCUT2D eigenvalue weighted by Gasteiger charge is 2.28. The lowest BCUT2D eigenvalue weighted by molar-refractivity contribution is 0.590. The van der Waals surface area contributed by atoms with Crippen LogP contribution in [0.3, 0.4) is 0 Å². The zero-order valence-electron chi connectivity index (χ0n) is 14.4. The Bertz CT molecular complexity index is 1220. The minimum atomic E-state index is -0.00812. The fourth-order valence-electron chi connectivity index (χ4n) is 4.74. The quantitative estimate of drug-likeness (QED) is 0.356. The van der Waals surface area contributed by atoms with Gasteiger partial charge in [-0.2, -0.15) is 0 Å². The van der Waals surface area contributed by atoms with Crippen LogP contribution in [0.25, 0.3) is 33.3 Å². The Hall–Kier alpha value is -2.88. The van der Waals surface area contributed by atoms with E-state index in [0.29, 0.717) is 11.1 Å². The number of aryl methyl sites for hydroxylation is 2. The smallest absolute Gasteiger partial charge is 0.190 e. The van der Waals surface area contributed by atoms with Gasteiger partial charge in [0, 0.05) is 41.2 Å². The molecule has 0 fully saturated rings. The molecule has 0 amide bonds. The predicted octanol–water partition coefficient (Wildman–Crippen LogP) is 4.14. The molecule has 3 aliphatic heterocycles. The molecular weight excluding hydrogens is 324 g/mol. The van der Waals surface area contributed by atoms with Crippen molar-refractivity contribution in [2.24, 2.45) is 0 Å². The third-order valence-corrected chi connectivity index (χ3v) is 5.84. The van der Waals surface area contributed by atoms with Gasteiger partial charge in [-0.25, -0.2) is 4.98 Å². The molecule has 0 spiro atoms. The van der Waals surface area contributed by atoms with Crippen molar-refractivity contribution in [1.29, 1.82) is 0 Å². The monoisotopic (exact) mass is 342 g/mol. The molecule has 1 aliphatic carbocycles. The molecule has 0 aromatic heterocycles. The molecule has 0 atom stereocenters. The van der Waals surface area contributed by atoms with Crippen LogP contribution in [0.1, 0.15) is 24.0 Å². The first-order valence-electron chi connectivity index (χ1n) is 9.35. The SMILES string of the molecule is O=c1cc2oc3c4c5c(cc3nc-2c2ccccc12)CCCN5CCC4. The third kappa shape index (κ3) is 1.84. The Kier molecular flexibility index (Phi) is 2.79. The van der Waals surface area contributed by atoms with Gasteiger partial charge in [0.25, 0.3) is 0 Å². The maximum absolute atomic E-state index is 12.5. The average molecular weight is 342 g/mol.